The summed E-state index contributed by atoms with van der Waals surface area (Å²) < 4.78 is 18.0. The Labute approximate surface area is 213 Å². The summed E-state index contributed by atoms with van der Waals surface area (Å²) in [5.41, 5.74) is 2.19. The van der Waals surface area contributed by atoms with Crippen molar-refractivity contribution in [2.75, 3.05) is 12.4 Å². The van der Waals surface area contributed by atoms with Crippen LogP contribution in [0.5, 0.6) is 17.2 Å². The first-order valence-electron chi connectivity index (χ1n) is 10.6. The smallest absolute Gasteiger partial charge is 0.266 e. The van der Waals surface area contributed by atoms with E-state index in [2.05, 4.69) is 27.9 Å². The average molecular weight is 568 g/mol. The van der Waals surface area contributed by atoms with Gasteiger partial charge in [0.1, 0.15) is 24.0 Å². The van der Waals surface area contributed by atoms with Gasteiger partial charge < -0.3 is 19.5 Å². The maximum atomic E-state index is 12.7. The molecule has 0 fully saturated rings. The number of hydrogen-bond acceptors (Lipinski definition) is 5. The van der Waals surface area contributed by atoms with Gasteiger partial charge in [-0.2, -0.15) is 5.26 Å². The Morgan fingerprint density at radius 3 is 2.56 bits per heavy atom. The predicted molar refractivity (Wildman–Crippen MR) is 141 cm³/mol. The Balaban J connectivity index is 1.79. The summed E-state index contributed by atoms with van der Waals surface area (Å²) in [6.07, 6.45) is 1.53. The lowest BCUT2D eigenvalue weighted by molar-refractivity contribution is -0.112. The van der Waals surface area contributed by atoms with Gasteiger partial charge in [0.05, 0.1) is 16.8 Å². The lowest BCUT2D eigenvalue weighted by Crippen LogP contribution is -2.14. The highest BCUT2D eigenvalue weighted by Gasteiger charge is 2.14. The molecule has 7 heteroatoms. The molecule has 0 atom stereocenters. The first-order chi connectivity index (χ1) is 16.4. The summed E-state index contributed by atoms with van der Waals surface area (Å²) in [7, 11) is 1.55. The van der Waals surface area contributed by atoms with E-state index in [1.807, 2.05) is 62.4 Å². The molecular weight excluding hydrogens is 543 g/mol. The van der Waals surface area contributed by atoms with E-state index in [0.717, 1.165) is 9.13 Å². The SMILES string of the molecule is COc1cc(/C=C(/C#N)C(=O)Nc2cccc(OC(C)C)c2)cc(I)c1OCc1ccccc1. The fraction of sp³-hybridized carbons (Fsp3) is 0.185. The first-order valence-corrected chi connectivity index (χ1v) is 11.7. The van der Waals surface area contributed by atoms with Crippen LogP contribution in [-0.4, -0.2) is 19.1 Å². The van der Waals surface area contributed by atoms with Crippen molar-refractivity contribution in [3.8, 4) is 23.3 Å². The van der Waals surface area contributed by atoms with Gasteiger partial charge in [-0.3, -0.25) is 4.79 Å². The molecule has 174 valence electrons. The molecule has 0 aliphatic heterocycles. The van der Waals surface area contributed by atoms with Gasteiger partial charge in [-0.1, -0.05) is 36.4 Å². The minimum Gasteiger partial charge on any atom is -0.493 e. The number of carbonyl (C=O) groups excluding carboxylic acids is 1. The monoisotopic (exact) mass is 568 g/mol. The largest absolute Gasteiger partial charge is 0.493 e. The van der Waals surface area contributed by atoms with Gasteiger partial charge in [-0.25, -0.2) is 0 Å². The van der Waals surface area contributed by atoms with Crippen molar-refractivity contribution in [2.24, 2.45) is 0 Å². The third kappa shape index (κ3) is 6.99. The highest BCUT2D eigenvalue weighted by molar-refractivity contribution is 14.1. The number of benzene rings is 3. The molecule has 3 aromatic carbocycles. The molecule has 3 rings (SSSR count). The number of nitrogens with zero attached hydrogens (tertiary/aromatic N) is 1. The van der Waals surface area contributed by atoms with E-state index in [4.69, 9.17) is 14.2 Å². The highest BCUT2D eigenvalue weighted by Crippen LogP contribution is 2.35. The van der Waals surface area contributed by atoms with Crippen LogP contribution >= 0.6 is 22.6 Å². The zero-order valence-corrected chi connectivity index (χ0v) is 21.3. The molecule has 0 aromatic heterocycles. The van der Waals surface area contributed by atoms with Crippen LogP contribution in [0.1, 0.15) is 25.0 Å². The average Bonchev–Trinajstić information content (AvgIpc) is 2.81. The van der Waals surface area contributed by atoms with Crippen molar-refractivity contribution in [3.63, 3.8) is 0 Å². The normalized spacial score (nSPS) is 11.0. The third-order valence-corrected chi connectivity index (χ3v) is 5.42. The second-order valence-corrected chi connectivity index (χ2v) is 8.79. The van der Waals surface area contributed by atoms with Crippen LogP contribution in [0.25, 0.3) is 6.08 Å². The number of halogens is 1. The topological polar surface area (TPSA) is 80.6 Å². The number of amides is 1. The minimum atomic E-state index is -0.512. The van der Waals surface area contributed by atoms with Crippen molar-refractivity contribution in [2.45, 2.75) is 26.6 Å². The molecule has 1 N–H and O–H groups in total. The van der Waals surface area contributed by atoms with E-state index in [-0.39, 0.29) is 11.7 Å². The maximum absolute atomic E-state index is 12.7. The fourth-order valence-electron chi connectivity index (χ4n) is 3.13. The van der Waals surface area contributed by atoms with Gasteiger partial charge in [-0.05, 0) is 77.9 Å². The van der Waals surface area contributed by atoms with Crippen LogP contribution < -0.4 is 19.5 Å². The van der Waals surface area contributed by atoms with E-state index < -0.39 is 5.91 Å². The summed E-state index contributed by atoms with van der Waals surface area (Å²) in [5, 5.41) is 12.4. The maximum Gasteiger partial charge on any atom is 0.266 e. The summed E-state index contributed by atoms with van der Waals surface area (Å²) in [6, 6.07) is 22.4. The van der Waals surface area contributed by atoms with Crippen LogP contribution in [0.3, 0.4) is 0 Å². The number of ether oxygens (including phenoxy) is 3. The predicted octanol–water partition coefficient (Wildman–Crippen LogP) is 6.21. The molecule has 0 unspecified atom stereocenters. The molecule has 0 saturated heterocycles. The van der Waals surface area contributed by atoms with Gasteiger partial charge in [0, 0.05) is 11.8 Å². The number of nitriles is 1. The quantitative estimate of drug-likeness (QED) is 0.189. The number of carbonyl (C=O) groups is 1. The summed E-state index contributed by atoms with van der Waals surface area (Å²) in [4.78, 5) is 12.7. The Hall–Kier alpha value is -3.51. The summed E-state index contributed by atoms with van der Waals surface area (Å²) in [6.45, 7) is 4.25. The van der Waals surface area contributed by atoms with E-state index in [1.54, 1.807) is 31.4 Å². The Bertz CT molecular complexity index is 1220. The molecule has 6 nitrogen and oxygen atoms in total. The van der Waals surface area contributed by atoms with Crippen LogP contribution in [0.15, 0.2) is 72.3 Å². The van der Waals surface area contributed by atoms with E-state index in [1.165, 1.54) is 6.08 Å². The van der Waals surface area contributed by atoms with E-state index in [0.29, 0.717) is 35.1 Å². The highest BCUT2D eigenvalue weighted by atomic mass is 127. The Morgan fingerprint density at radius 1 is 1.12 bits per heavy atom. The molecule has 0 heterocycles. The standard InChI is InChI=1S/C27H25IN2O4/c1-18(2)34-23-11-7-10-22(15-23)30-27(31)21(16-29)12-20-13-24(28)26(25(14-20)32-3)33-17-19-8-5-4-6-9-19/h4-15,18H,17H2,1-3H3,(H,30,31)/b21-12-. The second-order valence-electron chi connectivity index (χ2n) is 7.63. The Morgan fingerprint density at radius 2 is 1.88 bits per heavy atom. The van der Waals surface area contributed by atoms with E-state index >= 15 is 0 Å². The van der Waals surface area contributed by atoms with Crippen LogP contribution in [0, 0.1) is 14.9 Å². The van der Waals surface area contributed by atoms with Crippen molar-refractivity contribution in [1.82, 2.24) is 0 Å². The molecule has 3 aromatic rings. The molecule has 0 saturated carbocycles. The van der Waals surface area contributed by atoms with E-state index in [9.17, 15) is 10.1 Å². The number of nitrogens with one attached hydrogen (secondary N) is 1. The number of rotatable bonds is 9. The van der Waals surface area contributed by atoms with Gasteiger partial charge >= 0.3 is 0 Å². The van der Waals surface area contributed by atoms with Crippen LogP contribution in [0.4, 0.5) is 5.69 Å². The Kier molecular flexibility index (Phi) is 8.93. The summed E-state index contributed by atoms with van der Waals surface area (Å²) >= 11 is 2.15. The second kappa shape index (κ2) is 12.1. The van der Waals surface area contributed by atoms with Crippen molar-refractivity contribution in [3.05, 3.63) is 87.0 Å². The zero-order chi connectivity index (χ0) is 24.5. The van der Waals surface area contributed by atoms with Crippen molar-refractivity contribution in [1.29, 1.82) is 5.26 Å². The van der Waals surface area contributed by atoms with Gasteiger partial charge in [0.2, 0.25) is 0 Å². The first kappa shape index (κ1) is 25.1. The molecule has 0 bridgehead atoms. The molecule has 0 aliphatic rings. The summed E-state index contributed by atoms with van der Waals surface area (Å²) in [5.74, 6) is 1.25. The number of anilines is 1. The lowest BCUT2D eigenvalue weighted by Gasteiger charge is -2.14. The molecule has 34 heavy (non-hydrogen) atoms. The van der Waals surface area contributed by atoms with Crippen LogP contribution in [-0.2, 0) is 11.4 Å². The molecule has 0 radical (unpaired) electrons. The zero-order valence-electron chi connectivity index (χ0n) is 19.2. The molecule has 0 spiro atoms. The van der Waals surface area contributed by atoms with Crippen molar-refractivity contribution >= 4 is 40.3 Å². The minimum absolute atomic E-state index is 0.0117. The van der Waals surface area contributed by atoms with Gasteiger partial charge in [0.15, 0.2) is 11.5 Å². The molecule has 0 aliphatic carbocycles. The van der Waals surface area contributed by atoms with Crippen molar-refractivity contribution < 1.29 is 19.0 Å². The lowest BCUT2D eigenvalue weighted by atomic mass is 10.1. The third-order valence-electron chi connectivity index (χ3n) is 4.62. The number of hydrogen-bond donors (Lipinski definition) is 1. The molecular formula is C27H25IN2O4. The van der Waals surface area contributed by atoms with Gasteiger partial charge in [-0.15, -0.1) is 0 Å². The molecule has 1 amide bonds. The number of methoxy groups -OCH3 is 1. The van der Waals surface area contributed by atoms with Crippen LogP contribution in [0.2, 0.25) is 0 Å². The van der Waals surface area contributed by atoms with Gasteiger partial charge in [0.25, 0.3) is 5.91 Å². The fourth-order valence-corrected chi connectivity index (χ4v) is 3.91.